The van der Waals surface area contributed by atoms with Gasteiger partial charge in [0, 0.05) is 19.0 Å². The number of rotatable bonds is 7. The summed E-state index contributed by atoms with van der Waals surface area (Å²) in [5.74, 6) is 3.34. The van der Waals surface area contributed by atoms with E-state index >= 15 is 0 Å². The number of unbranched alkanes of at least 4 members (excludes halogenated alkanes) is 1. The molecule has 144 valence electrons. The third-order valence-corrected chi connectivity index (χ3v) is 4.61. The van der Waals surface area contributed by atoms with E-state index in [1.54, 1.807) is 0 Å². The van der Waals surface area contributed by atoms with Crippen molar-refractivity contribution in [1.29, 1.82) is 0 Å². The molecule has 7 nitrogen and oxygen atoms in total. The fourth-order valence-corrected chi connectivity index (χ4v) is 2.77. The van der Waals surface area contributed by atoms with Crippen molar-refractivity contribution in [3.05, 3.63) is 47.7 Å². The van der Waals surface area contributed by atoms with E-state index in [4.69, 9.17) is 4.42 Å². The Morgan fingerprint density at radius 2 is 2.11 bits per heavy atom. The maximum atomic E-state index is 5.97. The molecule has 0 saturated heterocycles. The number of nitrogens with zero attached hydrogens (tertiary/aromatic N) is 4. The second-order valence-corrected chi connectivity index (χ2v) is 6.72. The van der Waals surface area contributed by atoms with Gasteiger partial charge in [-0.1, -0.05) is 31.5 Å². The molecule has 0 aliphatic heterocycles. The van der Waals surface area contributed by atoms with Crippen molar-refractivity contribution < 1.29 is 4.42 Å². The number of aryl methyl sites for hydroxylation is 1. The number of benzene rings is 1. The van der Waals surface area contributed by atoms with Gasteiger partial charge < -0.3 is 19.6 Å². The molecular weight excluding hydrogens is 340 g/mol. The molecule has 3 aromatic rings. The number of furan rings is 1. The quantitative estimate of drug-likeness (QED) is 0.379. The highest BCUT2D eigenvalue weighted by Crippen LogP contribution is 2.23. The van der Waals surface area contributed by atoms with Gasteiger partial charge in [0.15, 0.2) is 11.8 Å². The lowest BCUT2D eigenvalue weighted by atomic mass is 10.2. The highest BCUT2D eigenvalue weighted by Gasteiger charge is 2.13. The van der Waals surface area contributed by atoms with Crippen molar-refractivity contribution in [2.45, 2.75) is 46.2 Å². The lowest BCUT2D eigenvalue weighted by Gasteiger charge is -2.16. The Balaban J connectivity index is 1.73. The zero-order valence-electron chi connectivity index (χ0n) is 16.5. The van der Waals surface area contributed by atoms with E-state index in [0.29, 0.717) is 6.54 Å². The number of hydrogen-bond acceptors (Lipinski definition) is 4. The van der Waals surface area contributed by atoms with Crippen LogP contribution < -0.4 is 10.6 Å². The Morgan fingerprint density at radius 1 is 1.30 bits per heavy atom. The Labute approximate surface area is 159 Å². The summed E-state index contributed by atoms with van der Waals surface area (Å²) in [6.07, 6.45) is 2.21. The van der Waals surface area contributed by atoms with Gasteiger partial charge >= 0.3 is 0 Å². The number of hydrogen-bond donors (Lipinski definition) is 2. The molecule has 3 rings (SSSR count). The van der Waals surface area contributed by atoms with Gasteiger partial charge in [-0.3, -0.25) is 0 Å². The van der Waals surface area contributed by atoms with Crippen LogP contribution in [-0.2, 0) is 13.6 Å². The Morgan fingerprint density at radius 3 is 2.81 bits per heavy atom. The minimum atomic E-state index is -0.00786. The highest BCUT2D eigenvalue weighted by atomic mass is 16.3. The van der Waals surface area contributed by atoms with E-state index in [-0.39, 0.29) is 6.04 Å². The normalized spacial score (nSPS) is 13.1. The van der Waals surface area contributed by atoms with E-state index in [1.165, 1.54) is 0 Å². The maximum Gasteiger partial charge on any atom is 0.192 e. The topological polar surface area (TPSA) is 80.3 Å². The van der Waals surface area contributed by atoms with Gasteiger partial charge in [-0.15, -0.1) is 10.2 Å². The Hall–Kier alpha value is -2.83. The van der Waals surface area contributed by atoms with Crippen molar-refractivity contribution >= 4 is 16.9 Å². The maximum absolute atomic E-state index is 5.97. The van der Waals surface area contributed by atoms with Gasteiger partial charge in [-0.05, 0) is 32.4 Å². The van der Waals surface area contributed by atoms with Crippen LogP contribution in [0.4, 0.5) is 0 Å². The van der Waals surface area contributed by atoms with Crippen LogP contribution in [0.2, 0.25) is 0 Å². The van der Waals surface area contributed by atoms with Gasteiger partial charge in [0.1, 0.15) is 23.7 Å². The SMILES string of the molecule is CCCCNC(=NCc1nnc(C)n1C)NC(C)c1cc2ccccc2o1. The first-order chi connectivity index (χ1) is 13.1. The molecule has 0 spiro atoms. The molecule has 0 radical (unpaired) electrons. The molecule has 1 unspecified atom stereocenters. The van der Waals surface area contributed by atoms with Crippen LogP contribution in [0.1, 0.15) is 50.1 Å². The second-order valence-electron chi connectivity index (χ2n) is 6.72. The Kier molecular flexibility index (Phi) is 6.11. The van der Waals surface area contributed by atoms with Crippen LogP contribution in [0.3, 0.4) is 0 Å². The first kappa shape index (κ1) is 18.9. The van der Waals surface area contributed by atoms with Crippen molar-refractivity contribution in [2.75, 3.05) is 6.54 Å². The van der Waals surface area contributed by atoms with E-state index in [2.05, 4.69) is 51.8 Å². The summed E-state index contributed by atoms with van der Waals surface area (Å²) in [6, 6.07) is 10.1. The summed E-state index contributed by atoms with van der Waals surface area (Å²) in [6.45, 7) is 7.51. The van der Waals surface area contributed by atoms with Crippen LogP contribution in [0.5, 0.6) is 0 Å². The lowest BCUT2D eigenvalue weighted by molar-refractivity contribution is 0.487. The summed E-state index contributed by atoms with van der Waals surface area (Å²) < 4.78 is 7.92. The van der Waals surface area contributed by atoms with Gasteiger partial charge in [-0.2, -0.15) is 0 Å². The molecule has 0 fully saturated rings. The largest absolute Gasteiger partial charge is 0.459 e. The smallest absolute Gasteiger partial charge is 0.192 e. The zero-order chi connectivity index (χ0) is 19.2. The van der Waals surface area contributed by atoms with E-state index in [9.17, 15) is 0 Å². The van der Waals surface area contributed by atoms with Crippen LogP contribution in [-0.4, -0.2) is 27.3 Å². The molecule has 27 heavy (non-hydrogen) atoms. The lowest BCUT2D eigenvalue weighted by Crippen LogP contribution is -2.39. The summed E-state index contributed by atoms with van der Waals surface area (Å²) in [4.78, 5) is 4.69. The van der Waals surface area contributed by atoms with Crippen LogP contribution in [0.25, 0.3) is 11.0 Å². The number of aliphatic imine (C=N–C) groups is 1. The summed E-state index contributed by atoms with van der Waals surface area (Å²) in [5.41, 5.74) is 0.896. The number of nitrogens with one attached hydrogen (secondary N) is 2. The van der Waals surface area contributed by atoms with Gasteiger partial charge in [0.25, 0.3) is 0 Å². The molecule has 2 aromatic heterocycles. The molecule has 2 N–H and O–H groups in total. The first-order valence-electron chi connectivity index (χ1n) is 9.46. The van der Waals surface area contributed by atoms with E-state index in [1.807, 2.05) is 36.7 Å². The van der Waals surface area contributed by atoms with Crippen molar-refractivity contribution in [3.8, 4) is 0 Å². The predicted molar refractivity (Wildman–Crippen MR) is 108 cm³/mol. The number of fused-ring (bicyclic) bond motifs is 1. The van der Waals surface area contributed by atoms with E-state index < -0.39 is 0 Å². The van der Waals surface area contributed by atoms with Crippen molar-refractivity contribution in [1.82, 2.24) is 25.4 Å². The molecule has 0 amide bonds. The molecule has 1 aromatic carbocycles. The predicted octanol–water partition coefficient (Wildman–Crippen LogP) is 3.47. The van der Waals surface area contributed by atoms with Gasteiger partial charge in [-0.25, -0.2) is 4.99 Å². The summed E-state index contributed by atoms with van der Waals surface area (Å²) in [5, 5.41) is 16.2. The highest BCUT2D eigenvalue weighted by molar-refractivity contribution is 5.81. The standard InChI is InChI=1S/C20H28N6O/c1-5-6-11-21-20(22-13-19-25-24-15(3)26(19)4)23-14(2)18-12-16-9-7-8-10-17(16)27-18/h7-10,12,14H,5-6,11,13H2,1-4H3,(H2,21,22,23). The molecular formula is C20H28N6O. The summed E-state index contributed by atoms with van der Waals surface area (Å²) in [7, 11) is 1.95. The van der Waals surface area contributed by atoms with Crippen LogP contribution >= 0.6 is 0 Å². The molecule has 1 atom stereocenters. The molecule has 2 heterocycles. The third kappa shape index (κ3) is 4.67. The summed E-state index contributed by atoms with van der Waals surface area (Å²) >= 11 is 0. The van der Waals surface area contributed by atoms with Gasteiger partial charge in [0.2, 0.25) is 0 Å². The zero-order valence-corrected chi connectivity index (χ0v) is 16.5. The van der Waals surface area contributed by atoms with Crippen molar-refractivity contribution in [2.24, 2.45) is 12.0 Å². The van der Waals surface area contributed by atoms with Crippen LogP contribution in [0.15, 0.2) is 39.7 Å². The first-order valence-corrected chi connectivity index (χ1v) is 9.46. The number of para-hydroxylation sites is 1. The number of aromatic nitrogens is 3. The van der Waals surface area contributed by atoms with Crippen molar-refractivity contribution in [3.63, 3.8) is 0 Å². The second kappa shape index (κ2) is 8.70. The third-order valence-electron chi connectivity index (χ3n) is 4.61. The Bertz CT molecular complexity index is 877. The van der Waals surface area contributed by atoms with E-state index in [0.717, 1.165) is 53.7 Å². The molecule has 7 heteroatoms. The minimum absolute atomic E-state index is 0.00786. The number of guanidine groups is 1. The molecule has 0 aliphatic carbocycles. The minimum Gasteiger partial charge on any atom is -0.459 e. The monoisotopic (exact) mass is 368 g/mol. The molecule has 0 aliphatic rings. The fourth-order valence-electron chi connectivity index (χ4n) is 2.77. The molecule has 0 bridgehead atoms. The molecule has 0 saturated carbocycles. The fraction of sp³-hybridized carbons (Fsp3) is 0.450. The average Bonchev–Trinajstić information content (AvgIpc) is 3.24. The van der Waals surface area contributed by atoms with Crippen LogP contribution in [0, 0.1) is 6.92 Å². The average molecular weight is 368 g/mol. The van der Waals surface area contributed by atoms with Gasteiger partial charge in [0.05, 0.1) is 6.04 Å².